The van der Waals surface area contributed by atoms with Gasteiger partial charge in [0.25, 0.3) is 0 Å². The molecule has 1 aromatic heterocycles. The highest BCUT2D eigenvalue weighted by Crippen LogP contribution is 2.30. The smallest absolute Gasteiger partial charge is 0.323 e. The number of amides is 2. The Morgan fingerprint density at radius 1 is 0.683 bits per heavy atom. The lowest BCUT2D eigenvalue weighted by Crippen LogP contribution is -2.40. The molecule has 2 saturated heterocycles. The highest BCUT2D eigenvalue weighted by Gasteiger charge is 2.21. The first kappa shape index (κ1) is 26.9. The molecular weight excluding hydrogens is 542 g/mol. The summed E-state index contributed by atoms with van der Waals surface area (Å²) in [5, 5.41) is 6.39. The number of nitrogens with one attached hydrogen (secondary N) is 2. The zero-order valence-electron chi connectivity index (χ0n) is 22.4. The Kier molecular flexibility index (Phi) is 8.22. The van der Waals surface area contributed by atoms with Gasteiger partial charge in [-0.1, -0.05) is 41.9 Å². The van der Waals surface area contributed by atoms with E-state index in [1.54, 1.807) is 12.1 Å². The molecule has 0 unspecified atom stereocenters. The Morgan fingerprint density at radius 3 is 1.85 bits per heavy atom. The van der Waals surface area contributed by atoms with Crippen molar-refractivity contribution in [3.05, 3.63) is 77.8 Å². The fourth-order valence-corrected chi connectivity index (χ4v) is 4.96. The summed E-state index contributed by atoms with van der Waals surface area (Å²) in [5.41, 5.74) is 3.93. The van der Waals surface area contributed by atoms with Gasteiger partial charge in [-0.3, -0.25) is 0 Å². The summed E-state index contributed by atoms with van der Waals surface area (Å²) in [6, 6.07) is 22.3. The van der Waals surface area contributed by atoms with E-state index in [0.717, 1.165) is 42.9 Å². The number of carbonyl (C=O) groups is 1. The monoisotopic (exact) mass is 571 g/mol. The first-order valence-electron chi connectivity index (χ1n) is 13.6. The summed E-state index contributed by atoms with van der Waals surface area (Å²) >= 11 is 6.41. The van der Waals surface area contributed by atoms with Crippen LogP contribution in [-0.4, -0.2) is 73.6 Å². The van der Waals surface area contributed by atoms with Crippen LogP contribution in [0.5, 0.6) is 0 Å². The van der Waals surface area contributed by atoms with Gasteiger partial charge in [-0.15, -0.1) is 0 Å². The van der Waals surface area contributed by atoms with Gasteiger partial charge < -0.3 is 29.9 Å². The Hall–Kier alpha value is -4.25. The van der Waals surface area contributed by atoms with Gasteiger partial charge >= 0.3 is 6.03 Å². The average molecular weight is 572 g/mol. The van der Waals surface area contributed by atoms with Crippen LogP contribution < -0.4 is 20.4 Å². The third-order valence-electron chi connectivity index (χ3n) is 6.91. The molecule has 2 aliphatic heterocycles. The van der Waals surface area contributed by atoms with E-state index in [9.17, 15) is 4.79 Å². The van der Waals surface area contributed by atoms with E-state index in [4.69, 9.17) is 36.0 Å². The molecule has 10 nitrogen and oxygen atoms in total. The highest BCUT2D eigenvalue weighted by molar-refractivity contribution is 6.33. The standard InChI is InChI=1S/C30H30ClN7O3/c31-26-11-10-24(20-25(26)21-4-2-1-3-5-21)33-30(39)32-23-8-6-22(7-9-23)27-34-28(37-12-16-40-17-13-37)36-29(35-27)38-14-18-41-19-15-38/h1-11,20H,12-19H2,(H2,32,33,39). The number of carbonyl (C=O) groups excluding carboxylic acids is 1. The fourth-order valence-electron chi connectivity index (χ4n) is 4.73. The van der Waals surface area contributed by atoms with Gasteiger partial charge in [0.05, 0.1) is 26.4 Å². The van der Waals surface area contributed by atoms with Gasteiger partial charge in [0.1, 0.15) is 0 Å². The number of hydrogen-bond acceptors (Lipinski definition) is 8. The van der Waals surface area contributed by atoms with Crippen molar-refractivity contribution in [2.75, 3.05) is 73.0 Å². The second kappa shape index (κ2) is 12.5. The van der Waals surface area contributed by atoms with Crippen LogP contribution in [0.3, 0.4) is 0 Å². The van der Waals surface area contributed by atoms with Crippen LogP contribution in [0.2, 0.25) is 5.02 Å². The van der Waals surface area contributed by atoms with Gasteiger partial charge in [-0.25, -0.2) is 4.79 Å². The van der Waals surface area contributed by atoms with E-state index in [1.165, 1.54) is 0 Å². The summed E-state index contributed by atoms with van der Waals surface area (Å²) in [5.74, 6) is 1.85. The number of nitrogens with zero attached hydrogens (tertiary/aromatic N) is 5. The number of halogens is 1. The quantitative estimate of drug-likeness (QED) is 0.326. The number of rotatable bonds is 6. The lowest BCUT2D eigenvalue weighted by molar-refractivity contribution is 0.121. The van der Waals surface area contributed by atoms with E-state index in [-0.39, 0.29) is 6.03 Å². The number of anilines is 4. The lowest BCUT2D eigenvalue weighted by atomic mass is 10.1. The van der Waals surface area contributed by atoms with Crippen LogP contribution in [0.1, 0.15) is 0 Å². The molecule has 0 radical (unpaired) electrons. The van der Waals surface area contributed by atoms with Crippen molar-refractivity contribution in [1.82, 2.24) is 15.0 Å². The summed E-state index contributed by atoms with van der Waals surface area (Å²) in [4.78, 5) is 31.4. The number of urea groups is 1. The van der Waals surface area contributed by atoms with Crippen molar-refractivity contribution in [3.63, 3.8) is 0 Å². The Bertz CT molecular complexity index is 1460. The zero-order chi connectivity index (χ0) is 28.0. The van der Waals surface area contributed by atoms with Crippen molar-refractivity contribution < 1.29 is 14.3 Å². The molecule has 3 heterocycles. The predicted molar refractivity (Wildman–Crippen MR) is 161 cm³/mol. The second-order valence-corrected chi connectivity index (χ2v) is 10.1. The summed E-state index contributed by atoms with van der Waals surface area (Å²) in [7, 11) is 0. The Balaban J connectivity index is 1.17. The second-order valence-electron chi connectivity index (χ2n) is 9.67. The summed E-state index contributed by atoms with van der Waals surface area (Å²) < 4.78 is 11.0. The molecular formula is C30H30ClN7O3. The molecule has 2 amide bonds. The Morgan fingerprint density at radius 2 is 1.24 bits per heavy atom. The topological polar surface area (TPSA) is 105 Å². The predicted octanol–water partition coefficient (Wildman–Crippen LogP) is 5.18. The van der Waals surface area contributed by atoms with Crippen LogP contribution in [0, 0.1) is 0 Å². The zero-order valence-corrected chi connectivity index (χ0v) is 23.2. The largest absolute Gasteiger partial charge is 0.378 e. The van der Waals surface area contributed by atoms with Crippen molar-refractivity contribution >= 4 is 40.9 Å². The summed E-state index contributed by atoms with van der Waals surface area (Å²) in [6.07, 6.45) is 0. The maximum absolute atomic E-state index is 12.8. The molecule has 41 heavy (non-hydrogen) atoms. The molecule has 3 aromatic carbocycles. The number of morpholine rings is 2. The molecule has 0 bridgehead atoms. The highest BCUT2D eigenvalue weighted by atomic mass is 35.5. The van der Waals surface area contributed by atoms with E-state index >= 15 is 0 Å². The van der Waals surface area contributed by atoms with Gasteiger partial charge in [0.15, 0.2) is 5.82 Å². The van der Waals surface area contributed by atoms with Gasteiger partial charge in [-0.05, 0) is 48.0 Å². The van der Waals surface area contributed by atoms with E-state index in [0.29, 0.717) is 60.5 Å². The van der Waals surface area contributed by atoms with Crippen LogP contribution in [-0.2, 0) is 9.47 Å². The van der Waals surface area contributed by atoms with E-state index < -0.39 is 0 Å². The molecule has 2 fully saturated rings. The Labute approximate surface area is 243 Å². The van der Waals surface area contributed by atoms with Crippen molar-refractivity contribution in [1.29, 1.82) is 0 Å². The molecule has 2 N–H and O–H groups in total. The van der Waals surface area contributed by atoms with Crippen LogP contribution >= 0.6 is 11.6 Å². The van der Waals surface area contributed by atoms with Crippen LogP contribution in [0.25, 0.3) is 22.5 Å². The minimum Gasteiger partial charge on any atom is -0.378 e. The fraction of sp³-hybridized carbons (Fsp3) is 0.267. The maximum Gasteiger partial charge on any atom is 0.323 e. The molecule has 0 saturated carbocycles. The molecule has 2 aliphatic rings. The molecule has 210 valence electrons. The number of ether oxygens (including phenoxy) is 2. The molecule has 0 atom stereocenters. The van der Waals surface area contributed by atoms with Gasteiger partial charge in [0, 0.05) is 53.7 Å². The number of hydrogen-bond donors (Lipinski definition) is 2. The van der Waals surface area contributed by atoms with Gasteiger partial charge in [-0.2, -0.15) is 15.0 Å². The first-order valence-corrected chi connectivity index (χ1v) is 13.9. The minimum atomic E-state index is -0.358. The SMILES string of the molecule is O=C(Nc1ccc(-c2nc(N3CCOCC3)nc(N3CCOCC3)n2)cc1)Nc1ccc(Cl)c(-c2ccccc2)c1. The molecule has 6 rings (SSSR count). The third kappa shape index (κ3) is 6.57. The molecule has 0 spiro atoms. The average Bonchev–Trinajstić information content (AvgIpc) is 3.03. The molecule has 4 aromatic rings. The van der Waals surface area contributed by atoms with E-state index in [2.05, 4.69) is 20.4 Å². The van der Waals surface area contributed by atoms with Crippen molar-refractivity contribution in [2.45, 2.75) is 0 Å². The number of benzene rings is 3. The molecule has 0 aliphatic carbocycles. The number of aromatic nitrogens is 3. The van der Waals surface area contributed by atoms with E-state index in [1.807, 2.05) is 60.7 Å². The first-order chi connectivity index (χ1) is 20.1. The summed E-state index contributed by atoms with van der Waals surface area (Å²) in [6.45, 7) is 5.46. The normalized spacial score (nSPS) is 15.4. The minimum absolute atomic E-state index is 0.358. The van der Waals surface area contributed by atoms with Crippen LogP contribution in [0.4, 0.5) is 28.1 Å². The lowest BCUT2D eigenvalue weighted by Gasteiger charge is -2.30. The van der Waals surface area contributed by atoms with Crippen LogP contribution in [0.15, 0.2) is 72.8 Å². The third-order valence-corrected chi connectivity index (χ3v) is 7.24. The van der Waals surface area contributed by atoms with Gasteiger partial charge in [0.2, 0.25) is 11.9 Å². The van der Waals surface area contributed by atoms with Crippen molar-refractivity contribution in [3.8, 4) is 22.5 Å². The molecule has 11 heteroatoms. The maximum atomic E-state index is 12.8. The van der Waals surface area contributed by atoms with Crippen molar-refractivity contribution in [2.24, 2.45) is 0 Å².